The second-order valence-electron chi connectivity index (χ2n) is 4.28. The first-order chi connectivity index (χ1) is 6.60. The molecular formula is C10H16N2O3. The van der Waals surface area contributed by atoms with E-state index in [1.807, 2.05) is 0 Å². The van der Waals surface area contributed by atoms with Gasteiger partial charge in [-0.05, 0) is 27.7 Å². The van der Waals surface area contributed by atoms with Gasteiger partial charge in [0.05, 0.1) is 5.54 Å². The molecule has 5 nitrogen and oxygen atoms in total. The van der Waals surface area contributed by atoms with Gasteiger partial charge in [-0.25, -0.2) is 9.59 Å². The Bertz CT molecular complexity index is 313. The Labute approximate surface area is 89.2 Å². The third-order valence-corrected chi connectivity index (χ3v) is 1.75. The van der Waals surface area contributed by atoms with Gasteiger partial charge in [-0.2, -0.15) is 0 Å². The first-order valence-corrected chi connectivity index (χ1v) is 4.42. The van der Waals surface area contributed by atoms with E-state index in [0.29, 0.717) is 0 Å². The number of urea groups is 1. The normalized spacial score (nSPS) is 11.4. The average Bonchev–Trinajstić information content (AvgIpc) is 2.01. The van der Waals surface area contributed by atoms with Crippen LogP contribution >= 0.6 is 0 Å². The molecule has 0 aromatic heterocycles. The molecule has 0 aromatic rings. The van der Waals surface area contributed by atoms with Crippen molar-refractivity contribution >= 4 is 12.0 Å². The molecule has 0 spiro atoms. The summed E-state index contributed by atoms with van der Waals surface area (Å²) in [5.74, 6) is 1.25. The first-order valence-electron chi connectivity index (χ1n) is 4.42. The summed E-state index contributed by atoms with van der Waals surface area (Å²) in [5.41, 5.74) is -2.13. The summed E-state index contributed by atoms with van der Waals surface area (Å²) in [6, 6.07) is -0.606. The largest absolute Gasteiger partial charge is 0.480 e. The number of hydrogen-bond donors (Lipinski definition) is 3. The highest BCUT2D eigenvalue weighted by atomic mass is 16.4. The summed E-state index contributed by atoms with van der Waals surface area (Å²) < 4.78 is 0. The van der Waals surface area contributed by atoms with Crippen molar-refractivity contribution in [1.82, 2.24) is 10.6 Å². The van der Waals surface area contributed by atoms with E-state index in [1.54, 1.807) is 13.8 Å². The van der Waals surface area contributed by atoms with Crippen LogP contribution in [0.1, 0.15) is 27.7 Å². The third-order valence-electron chi connectivity index (χ3n) is 1.75. The molecule has 0 radical (unpaired) electrons. The van der Waals surface area contributed by atoms with Gasteiger partial charge in [0, 0.05) is 0 Å². The number of carbonyl (C=O) groups is 2. The van der Waals surface area contributed by atoms with Crippen LogP contribution in [0.5, 0.6) is 0 Å². The first kappa shape index (κ1) is 13.3. The number of terminal acetylenes is 1. The lowest BCUT2D eigenvalue weighted by molar-refractivity contribution is -0.142. The average molecular weight is 212 g/mol. The van der Waals surface area contributed by atoms with Crippen molar-refractivity contribution < 1.29 is 14.7 Å². The van der Waals surface area contributed by atoms with E-state index >= 15 is 0 Å². The molecule has 0 fully saturated rings. The topological polar surface area (TPSA) is 78.4 Å². The maximum absolute atomic E-state index is 11.4. The van der Waals surface area contributed by atoms with Crippen molar-refractivity contribution in [2.45, 2.75) is 38.8 Å². The number of carbonyl (C=O) groups excluding carboxylic acids is 1. The number of aliphatic carboxylic acids is 1. The van der Waals surface area contributed by atoms with Crippen LogP contribution in [-0.2, 0) is 4.79 Å². The van der Waals surface area contributed by atoms with Crippen molar-refractivity contribution in [3.05, 3.63) is 0 Å². The Morgan fingerprint density at radius 1 is 1.20 bits per heavy atom. The quantitative estimate of drug-likeness (QED) is 0.598. The summed E-state index contributed by atoms with van der Waals surface area (Å²) >= 11 is 0. The fourth-order valence-corrected chi connectivity index (χ4v) is 0.688. The number of hydrogen-bond acceptors (Lipinski definition) is 2. The van der Waals surface area contributed by atoms with Crippen LogP contribution in [0.4, 0.5) is 4.79 Å². The Morgan fingerprint density at radius 3 is 2.00 bits per heavy atom. The zero-order valence-corrected chi connectivity index (χ0v) is 9.34. The van der Waals surface area contributed by atoms with E-state index in [1.165, 1.54) is 13.8 Å². The molecule has 2 amide bonds. The lowest BCUT2D eigenvalue weighted by Crippen LogP contribution is -2.56. The lowest BCUT2D eigenvalue weighted by atomic mass is 10.1. The van der Waals surface area contributed by atoms with Crippen LogP contribution in [0.25, 0.3) is 0 Å². The van der Waals surface area contributed by atoms with Crippen molar-refractivity contribution in [2.24, 2.45) is 0 Å². The van der Waals surface area contributed by atoms with Crippen molar-refractivity contribution in [1.29, 1.82) is 0 Å². The Hall–Kier alpha value is -1.70. The van der Waals surface area contributed by atoms with Gasteiger partial charge in [0.25, 0.3) is 0 Å². The zero-order chi connectivity index (χ0) is 12.3. The Morgan fingerprint density at radius 2 is 1.67 bits per heavy atom. The fraction of sp³-hybridized carbons (Fsp3) is 0.600. The number of amides is 2. The monoisotopic (exact) mass is 212 g/mol. The van der Waals surface area contributed by atoms with Gasteiger partial charge in [-0.15, -0.1) is 6.42 Å². The molecule has 0 aliphatic rings. The van der Waals surface area contributed by atoms with Crippen LogP contribution in [-0.4, -0.2) is 28.2 Å². The smallest absolute Gasteiger partial charge is 0.328 e. The molecule has 0 heterocycles. The highest BCUT2D eigenvalue weighted by Gasteiger charge is 2.30. The molecule has 0 saturated heterocycles. The van der Waals surface area contributed by atoms with Gasteiger partial charge in [-0.1, -0.05) is 5.92 Å². The van der Waals surface area contributed by atoms with E-state index in [4.69, 9.17) is 11.5 Å². The molecule has 0 atom stereocenters. The molecule has 15 heavy (non-hydrogen) atoms. The van der Waals surface area contributed by atoms with Crippen molar-refractivity contribution in [2.75, 3.05) is 0 Å². The molecule has 3 N–H and O–H groups in total. The Balaban J connectivity index is 4.42. The Kier molecular flexibility index (Phi) is 3.74. The lowest BCUT2D eigenvalue weighted by Gasteiger charge is -2.25. The number of nitrogens with one attached hydrogen (secondary N) is 2. The van der Waals surface area contributed by atoms with Crippen molar-refractivity contribution in [3.8, 4) is 12.3 Å². The van der Waals surface area contributed by atoms with Gasteiger partial charge in [0.15, 0.2) is 0 Å². The van der Waals surface area contributed by atoms with E-state index < -0.39 is 23.1 Å². The molecule has 0 saturated carbocycles. The van der Waals surface area contributed by atoms with Crippen LogP contribution in [0.15, 0.2) is 0 Å². The number of carboxylic acid groups (broad SMARTS) is 1. The van der Waals surface area contributed by atoms with Crippen molar-refractivity contribution in [3.63, 3.8) is 0 Å². The van der Waals surface area contributed by atoms with Gasteiger partial charge < -0.3 is 15.7 Å². The van der Waals surface area contributed by atoms with Gasteiger partial charge in [0.2, 0.25) is 0 Å². The number of rotatable bonds is 3. The molecule has 0 bridgehead atoms. The minimum atomic E-state index is -1.32. The van der Waals surface area contributed by atoms with E-state index in [9.17, 15) is 9.59 Å². The van der Waals surface area contributed by atoms with Crippen LogP contribution in [0, 0.1) is 12.3 Å². The van der Waals surface area contributed by atoms with Gasteiger partial charge >= 0.3 is 12.0 Å². The van der Waals surface area contributed by atoms with Crippen LogP contribution < -0.4 is 10.6 Å². The molecule has 0 rings (SSSR count). The van der Waals surface area contributed by atoms with E-state index in [2.05, 4.69) is 16.6 Å². The molecule has 0 unspecified atom stereocenters. The predicted octanol–water partition coefficient (Wildman–Crippen LogP) is 0.561. The van der Waals surface area contributed by atoms with Crippen LogP contribution in [0.3, 0.4) is 0 Å². The summed E-state index contributed by atoms with van der Waals surface area (Å²) in [6.07, 6.45) is 5.17. The van der Waals surface area contributed by atoms with Crippen LogP contribution in [0.2, 0.25) is 0 Å². The number of carboxylic acids is 1. The summed E-state index contributed by atoms with van der Waals surface area (Å²) in [5, 5.41) is 13.5. The summed E-state index contributed by atoms with van der Waals surface area (Å²) in [6.45, 7) is 6.05. The molecule has 5 heteroatoms. The minimum absolute atomic E-state index is 0.606. The van der Waals surface area contributed by atoms with E-state index in [0.717, 1.165) is 0 Å². The minimum Gasteiger partial charge on any atom is -0.480 e. The third kappa shape index (κ3) is 4.36. The summed E-state index contributed by atoms with van der Waals surface area (Å²) in [4.78, 5) is 22.1. The maximum atomic E-state index is 11.4. The zero-order valence-electron chi connectivity index (χ0n) is 9.34. The molecule has 0 aromatic carbocycles. The highest BCUT2D eigenvalue weighted by molar-refractivity contribution is 5.85. The second kappa shape index (κ2) is 4.22. The second-order valence-corrected chi connectivity index (χ2v) is 4.28. The predicted molar refractivity (Wildman–Crippen MR) is 56.3 cm³/mol. The molecular weight excluding hydrogens is 196 g/mol. The summed E-state index contributed by atoms with van der Waals surface area (Å²) in [7, 11) is 0. The molecule has 0 aliphatic heterocycles. The maximum Gasteiger partial charge on any atom is 0.328 e. The highest BCUT2D eigenvalue weighted by Crippen LogP contribution is 2.03. The fourth-order valence-electron chi connectivity index (χ4n) is 0.688. The van der Waals surface area contributed by atoms with Gasteiger partial charge in [0.1, 0.15) is 5.54 Å². The SMILES string of the molecule is C#CC(C)(C)NC(=O)NC(C)(C)C(=O)O. The molecule has 84 valence electrons. The molecule has 0 aliphatic carbocycles. The standard InChI is InChI=1S/C10H16N2O3/c1-6-9(2,3)11-8(15)12-10(4,5)7(13)14/h1H,2-5H3,(H,13,14)(H2,11,12,15). The van der Waals surface area contributed by atoms with Gasteiger partial charge in [-0.3, -0.25) is 0 Å². The van der Waals surface area contributed by atoms with E-state index in [-0.39, 0.29) is 0 Å².